The van der Waals surface area contributed by atoms with Crippen LogP contribution in [0.2, 0.25) is 0 Å². The quantitative estimate of drug-likeness (QED) is 0.377. The fourth-order valence-corrected chi connectivity index (χ4v) is 3.74. The summed E-state index contributed by atoms with van der Waals surface area (Å²) in [6.45, 7) is 5.18. The lowest BCUT2D eigenvalue weighted by Gasteiger charge is -2.28. The Bertz CT molecular complexity index is 840. The second-order valence-corrected chi connectivity index (χ2v) is 8.88. The molecule has 1 fully saturated rings. The Morgan fingerprint density at radius 1 is 1.00 bits per heavy atom. The monoisotopic (exact) mass is 497 g/mol. The summed E-state index contributed by atoms with van der Waals surface area (Å²) >= 11 is 0. The minimum Gasteiger partial charge on any atom is -0.467 e. The van der Waals surface area contributed by atoms with Crippen molar-refractivity contribution in [3.63, 3.8) is 0 Å². The van der Waals surface area contributed by atoms with E-state index < -0.39 is 60.2 Å². The fraction of sp³-hybridized carbons (Fsp3) is 0.625. The van der Waals surface area contributed by atoms with E-state index in [1.54, 1.807) is 51.1 Å². The largest absolute Gasteiger partial charge is 0.467 e. The highest BCUT2D eigenvalue weighted by molar-refractivity contribution is 5.89. The Morgan fingerprint density at radius 2 is 1.66 bits per heavy atom. The molecule has 1 aliphatic rings. The Labute approximate surface area is 205 Å². The zero-order valence-corrected chi connectivity index (χ0v) is 21.1. The molecule has 35 heavy (non-hydrogen) atoms. The normalized spacial score (nSPS) is 23.7. The molecule has 0 aliphatic carbocycles. The smallest absolute Gasteiger partial charge is 0.408 e. The molecule has 0 bridgehead atoms. The number of carbonyl (C=O) groups excluding carboxylic acids is 3. The van der Waals surface area contributed by atoms with E-state index in [4.69, 9.17) is 33.2 Å². The molecule has 196 valence electrons. The maximum atomic E-state index is 12.9. The lowest BCUT2D eigenvalue weighted by Crippen LogP contribution is -2.55. The molecule has 1 amide bonds. The van der Waals surface area contributed by atoms with Gasteiger partial charge in [0, 0.05) is 21.3 Å². The van der Waals surface area contributed by atoms with Gasteiger partial charge >= 0.3 is 18.0 Å². The molecule has 1 aromatic carbocycles. The van der Waals surface area contributed by atoms with Crippen LogP contribution in [-0.2, 0) is 38.0 Å². The number of carbonyl (C=O) groups is 3. The van der Waals surface area contributed by atoms with E-state index in [0.29, 0.717) is 5.56 Å². The minimum absolute atomic E-state index is 0.134. The van der Waals surface area contributed by atoms with Gasteiger partial charge in [-0.2, -0.15) is 0 Å². The molecule has 1 N–H and O–H groups in total. The van der Waals surface area contributed by atoms with Crippen LogP contribution in [0.15, 0.2) is 30.3 Å². The molecule has 0 saturated carbocycles. The highest BCUT2D eigenvalue weighted by Crippen LogP contribution is 2.32. The van der Waals surface area contributed by atoms with Gasteiger partial charge in [0.15, 0.2) is 12.1 Å². The number of esters is 2. The molecular formula is C24H35NO10. The van der Waals surface area contributed by atoms with Gasteiger partial charge in [-0.1, -0.05) is 18.2 Å². The summed E-state index contributed by atoms with van der Waals surface area (Å²) < 4.78 is 38.5. The molecule has 11 nitrogen and oxygen atoms in total. The summed E-state index contributed by atoms with van der Waals surface area (Å²) in [7, 11) is 5.55. The van der Waals surface area contributed by atoms with Gasteiger partial charge in [-0.3, -0.25) is 0 Å². The van der Waals surface area contributed by atoms with Gasteiger partial charge in [0.25, 0.3) is 0 Å². The van der Waals surface area contributed by atoms with Crippen molar-refractivity contribution in [1.82, 2.24) is 5.32 Å². The van der Waals surface area contributed by atoms with Crippen molar-refractivity contribution in [2.24, 2.45) is 0 Å². The van der Waals surface area contributed by atoms with E-state index in [0.717, 1.165) is 0 Å². The second-order valence-electron chi connectivity index (χ2n) is 8.88. The maximum Gasteiger partial charge on any atom is 0.408 e. The molecule has 2 rings (SSSR count). The van der Waals surface area contributed by atoms with Gasteiger partial charge in [0.05, 0.1) is 19.3 Å². The first kappa shape index (κ1) is 28.5. The lowest BCUT2D eigenvalue weighted by molar-refractivity contribution is -0.151. The van der Waals surface area contributed by atoms with E-state index in [1.165, 1.54) is 28.4 Å². The van der Waals surface area contributed by atoms with Gasteiger partial charge in [0.2, 0.25) is 0 Å². The first-order valence-electron chi connectivity index (χ1n) is 11.1. The average molecular weight is 498 g/mol. The Hall–Kier alpha value is -2.73. The Balaban J connectivity index is 2.44. The van der Waals surface area contributed by atoms with Crippen molar-refractivity contribution < 1.29 is 47.5 Å². The molecule has 11 heteroatoms. The van der Waals surface area contributed by atoms with Crippen LogP contribution in [0, 0.1) is 0 Å². The van der Waals surface area contributed by atoms with E-state index in [1.807, 2.05) is 0 Å². The van der Waals surface area contributed by atoms with Crippen LogP contribution in [-0.4, -0.2) is 95.2 Å². The number of hydrogen-bond acceptors (Lipinski definition) is 10. The molecule has 1 saturated heterocycles. The summed E-state index contributed by atoms with van der Waals surface area (Å²) in [6, 6.07) is 6.94. The Morgan fingerprint density at radius 3 is 2.17 bits per heavy atom. The van der Waals surface area contributed by atoms with Crippen molar-refractivity contribution in [1.29, 1.82) is 0 Å². The SMILES string of the molecule is COC[C@H](OC)[C@H]1O[C@H]([C@@H](NC(=O)OC(C)(C)C)C(=O)OC)[C@H](OC(=O)c2ccccc2)[C@H]1OC. The zero-order chi connectivity index (χ0) is 26.2. The van der Waals surface area contributed by atoms with Crippen molar-refractivity contribution in [3.05, 3.63) is 35.9 Å². The van der Waals surface area contributed by atoms with Gasteiger partial charge in [-0.15, -0.1) is 0 Å². The van der Waals surface area contributed by atoms with Crippen molar-refractivity contribution >= 4 is 18.0 Å². The predicted molar refractivity (Wildman–Crippen MR) is 123 cm³/mol. The molecule has 0 radical (unpaired) electrons. The summed E-state index contributed by atoms with van der Waals surface area (Å²) in [6.07, 6.45) is -5.48. The van der Waals surface area contributed by atoms with Gasteiger partial charge in [0.1, 0.15) is 30.0 Å². The van der Waals surface area contributed by atoms with E-state index in [-0.39, 0.29) is 6.61 Å². The predicted octanol–water partition coefficient (Wildman–Crippen LogP) is 1.72. The number of ether oxygens (including phenoxy) is 7. The van der Waals surface area contributed by atoms with Crippen LogP contribution in [0.3, 0.4) is 0 Å². The van der Waals surface area contributed by atoms with Crippen molar-refractivity contribution in [2.45, 2.75) is 62.9 Å². The summed E-state index contributed by atoms with van der Waals surface area (Å²) in [4.78, 5) is 38.2. The van der Waals surface area contributed by atoms with Crippen LogP contribution < -0.4 is 5.32 Å². The molecule has 0 aromatic heterocycles. The average Bonchev–Trinajstić information content (AvgIpc) is 3.17. The number of methoxy groups -OCH3 is 4. The third-order valence-electron chi connectivity index (χ3n) is 5.27. The standard InChI is InChI=1S/C24H35NO10/c1-24(2,3)35-23(28)25-16(22(27)32-7)18-20(34-21(26)14-11-9-8-10-12-14)19(31-6)17(33-18)15(30-5)13-29-4/h8-12,15-20H,13H2,1-7H3,(H,25,28)/t15-,16+,17+,18+,19-,20-/m0/s1. The number of rotatable bonds is 10. The molecule has 6 atom stereocenters. The zero-order valence-electron chi connectivity index (χ0n) is 21.1. The molecule has 1 aliphatic heterocycles. The third-order valence-corrected chi connectivity index (χ3v) is 5.27. The number of hydrogen-bond donors (Lipinski definition) is 1. The van der Waals surface area contributed by atoms with E-state index in [9.17, 15) is 14.4 Å². The fourth-order valence-electron chi connectivity index (χ4n) is 3.74. The molecular weight excluding hydrogens is 462 g/mol. The molecule has 1 aromatic rings. The summed E-state index contributed by atoms with van der Waals surface area (Å²) in [5.74, 6) is -1.48. The third kappa shape index (κ3) is 7.63. The summed E-state index contributed by atoms with van der Waals surface area (Å²) in [5, 5.41) is 2.48. The second kappa shape index (κ2) is 12.8. The van der Waals surface area contributed by atoms with Crippen LogP contribution in [0.1, 0.15) is 31.1 Å². The van der Waals surface area contributed by atoms with Gasteiger partial charge in [-0.25, -0.2) is 14.4 Å². The van der Waals surface area contributed by atoms with Gasteiger partial charge < -0.3 is 38.5 Å². The lowest BCUT2D eigenvalue weighted by atomic mass is 9.99. The van der Waals surface area contributed by atoms with E-state index >= 15 is 0 Å². The minimum atomic E-state index is -1.38. The first-order chi connectivity index (χ1) is 16.6. The number of amides is 1. The highest BCUT2D eigenvalue weighted by atomic mass is 16.6. The Kier molecular flexibility index (Phi) is 10.4. The number of benzene rings is 1. The van der Waals surface area contributed by atoms with Crippen molar-refractivity contribution in [2.75, 3.05) is 35.0 Å². The van der Waals surface area contributed by atoms with Crippen LogP contribution in [0.4, 0.5) is 4.79 Å². The topological polar surface area (TPSA) is 128 Å². The highest BCUT2D eigenvalue weighted by Gasteiger charge is 2.55. The van der Waals surface area contributed by atoms with Crippen LogP contribution in [0.25, 0.3) is 0 Å². The summed E-state index contributed by atoms with van der Waals surface area (Å²) in [5.41, 5.74) is -0.531. The number of alkyl carbamates (subject to hydrolysis) is 1. The maximum absolute atomic E-state index is 12.9. The van der Waals surface area contributed by atoms with E-state index in [2.05, 4.69) is 5.32 Å². The first-order valence-corrected chi connectivity index (χ1v) is 11.1. The van der Waals surface area contributed by atoms with Gasteiger partial charge in [-0.05, 0) is 32.9 Å². The molecule has 0 spiro atoms. The number of nitrogens with one attached hydrogen (secondary N) is 1. The van der Waals surface area contributed by atoms with Crippen LogP contribution >= 0.6 is 0 Å². The van der Waals surface area contributed by atoms with Crippen molar-refractivity contribution in [3.8, 4) is 0 Å². The molecule has 1 heterocycles. The van der Waals surface area contributed by atoms with Crippen LogP contribution in [0.5, 0.6) is 0 Å². The molecule has 0 unspecified atom stereocenters.